The molecule has 0 unspecified atom stereocenters. The number of para-hydroxylation sites is 3. The number of nitrogens with zero attached hydrogens (tertiary/aromatic N) is 3. The Balaban J connectivity index is 2.17. The summed E-state index contributed by atoms with van der Waals surface area (Å²) in [6.45, 7) is -0.541. The van der Waals surface area contributed by atoms with E-state index in [1.54, 1.807) is 6.07 Å². The van der Waals surface area contributed by atoms with E-state index in [0.717, 1.165) is 4.90 Å². The van der Waals surface area contributed by atoms with E-state index in [-0.39, 0.29) is 30.1 Å². The normalized spacial score (nSPS) is 9.92. The molecule has 128 valence electrons. The average molecular weight is 343 g/mol. The van der Waals surface area contributed by atoms with Gasteiger partial charge in [0, 0.05) is 12.6 Å². The molecule has 0 aliphatic heterocycles. The first-order valence-corrected chi connectivity index (χ1v) is 7.32. The third-order valence-corrected chi connectivity index (χ3v) is 3.30. The largest absolute Gasteiger partial charge is 0.477 e. The predicted molar refractivity (Wildman–Crippen MR) is 87.6 cm³/mol. The highest BCUT2D eigenvalue weighted by atomic mass is 19.1. The number of nitriles is 1. The quantitative estimate of drug-likeness (QED) is 0.568. The van der Waals surface area contributed by atoms with Crippen LogP contribution in [0.1, 0.15) is 6.42 Å². The van der Waals surface area contributed by atoms with E-state index in [9.17, 15) is 19.3 Å². The van der Waals surface area contributed by atoms with Gasteiger partial charge >= 0.3 is 5.69 Å². The molecule has 0 heterocycles. The van der Waals surface area contributed by atoms with Crippen LogP contribution in [0.25, 0.3) is 0 Å². The molecule has 0 N–H and O–H groups in total. The van der Waals surface area contributed by atoms with E-state index in [1.807, 2.05) is 6.07 Å². The highest BCUT2D eigenvalue weighted by Gasteiger charge is 2.21. The lowest BCUT2D eigenvalue weighted by molar-refractivity contribution is -0.385. The Labute approximate surface area is 143 Å². The summed E-state index contributed by atoms with van der Waals surface area (Å²) in [6, 6.07) is 13.2. The van der Waals surface area contributed by atoms with E-state index < -0.39 is 23.3 Å². The van der Waals surface area contributed by atoms with E-state index in [4.69, 9.17) is 10.00 Å². The lowest BCUT2D eigenvalue weighted by Gasteiger charge is -2.22. The minimum Gasteiger partial charge on any atom is -0.477 e. The number of carbonyl (C=O) groups excluding carboxylic acids is 1. The van der Waals surface area contributed by atoms with Gasteiger partial charge in [-0.3, -0.25) is 14.9 Å². The topological polar surface area (TPSA) is 96.5 Å². The van der Waals surface area contributed by atoms with Gasteiger partial charge in [-0.05, 0) is 18.2 Å². The van der Waals surface area contributed by atoms with Crippen molar-refractivity contribution in [3.63, 3.8) is 0 Å². The van der Waals surface area contributed by atoms with E-state index in [0.29, 0.717) is 0 Å². The molecular formula is C17H14FN3O4. The molecule has 0 bridgehead atoms. The second kappa shape index (κ2) is 8.40. The number of carbonyl (C=O) groups is 1. The number of benzene rings is 2. The van der Waals surface area contributed by atoms with Crippen LogP contribution in [-0.2, 0) is 4.79 Å². The number of nitro benzene ring substituents is 1. The van der Waals surface area contributed by atoms with Crippen LogP contribution in [0.15, 0.2) is 48.5 Å². The number of halogens is 1. The molecule has 2 rings (SSSR count). The van der Waals surface area contributed by atoms with Crippen molar-refractivity contribution in [2.24, 2.45) is 0 Å². The Kier molecular flexibility index (Phi) is 6.01. The van der Waals surface area contributed by atoms with Gasteiger partial charge in [0.15, 0.2) is 12.4 Å². The van der Waals surface area contributed by atoms with Gasteiger partial charge in [0.2, 0.25) is 0 Å². The molecule has 0 aliphatic rings. The van der Waals surface area contributed by atoms with Crippen molar-refractivity contribution < 1.29 is 18.8 Å². The third kappa shape index (κ3) is 4.51. The SMILES string of the molecule is N#CCCN(C(=O)COc1ccccc1[N+](=O)[O-])c1ccccc1F. The van der Waals surface area contributed by atoms with Crippen molar-refractivity contribution >= 4 is 17.3 Å². The van der Waals surface area contributed by atoms with Gasteiger partial charge in [0.05, 0.1) is 23.1 Å². The Hall–Kier alpha value is -3.47. The Bertz CT molecular complexity index is 820. The van der Waals surface area contributed by atoms with Crippen LogP contribution in [0.3, 0.4) is 0 Å². The monoisotopic (exact) mass is 343 g/mol. The summed E-state index contributed by atoms with van der Waals surface area (Å²) in [4.78, 5) is 23.8. The van der Waals surface area contributed by atoms with Crippen molar-refractivity contribution in [2.75, 3.05) is 18.1 Å². The molecule has 0 aromatic heterocycles. The zero-order valence-corrected chi connectivity index (χ0v) is 13.1. The molecule has 25 heavy (non-hydrogen) atoms. The van der Waals surface area contributed by atoms with Crippen molar-refractivity contribution in [2.45, 2.75) is 6.42 Å². The fourth-order valence-corrected chi connectivity index (χ4v) is 2.16. The number of anilines is 1. The standard InChI is InChI=1S/C17H14FN3O4/c18-13-6-1-2-7-14(13)20(11-5-10-19)17(22)12-25-16-9-4-3-8-15(16)21(23)24/h1-4,6-9H,5,11-12H2. The van der Waals surface area contributed by atoms with Crippen LogP contribution < -0.4 is 9.64 Å². The van der Waals surface area contributed by atoms with Crippen LogP contribution in [0, 0.1) is 27.3 Å². The molecule has 0 saturated carbocycles. The molecule has 7 nitrogen and oxygen atoms in total. The van der Waals surface area contributed by atoms with Crippen LogP contribution in [-0.4, -0.2) is 24.0 Å². The maximum Gasteiger partial charge on any atom is 0.310 e. The first-order valence-electron chi connectivity index (χ1n) is 7.32. The maximum absolute atomic E-state index is 14.0. The summed E-state index contributed by atoms with van der Waals surface area (Å²) >= 11 is 0. The molecule has 2 aromatic carbocycles. The van der Waals surface area contributed by atoms with E-state index >= 15 is 0 Å². The molecule has 8 heteroatoms. The molecule has 0 spiro atoms. The number of hydrogen-bond donors (Lipinski definition) is 0. The summed E-state index contributed by atoms with van der Waals surface area (Å²) in [5.74, 6) is -1.28. The third-order valence-electron chi connectivity index (χ3n) is 3.30. The van der Waals surface area contributed by atoms with Crippen molar-refractivity contribution in [1.82, 2.24) is 0 Å². The Morgan fingerprint density at radius 3 is 2.60 bits per heavy atom. The maximum atomic E-state index is 14.0. The highest BCUT2D eigenvalue weighted by molar-refractivity contribution is 5.94. The van der Waals surface area contributed by atoms with Crippen molar-refractivity contribution in [3.05, 3.63) is 64.5 Å². The number of amides is 1. The van der Waals surface area contributed by atoms with Gasteiger partial charge in [-0.15, -0.1) is 0 Å². The second-order valence-corrected chi connectivity index (χ2v) is 4.92. The molecule has 1 amide bonds. The predicted octanol–water partition coefficient (Wildman–Crippen LogP) is 3.06. The summed E-state index contributed by atoms with van der Waals surface area (Å²) in [5.41, 5.74) is -0.251. The summed E-state index contributed by atoms with van der Waals surface area (Å²) < 4.78 is 19.2. The van der Waals surface area contributed by atoms with Crippen LogP contribution in [0.5, 0.6) is 5.75 Å². The molecule has 0 radical (unpaired) electrons. The second-order valence-electron chi connectivity index (χ2n) is 4.92. The minimum absolute atomic E-state index is 0.00551. The van der Waals surface area contributed by atoms with Crippen LogP contribution in [0.4, 0.5) is 15.8 Å². The van der Waals surface area contributed by atoms with Gasteiger partial charge in [-0.25, -0.2) is 4.39 Å². The van der Waals surface area contributed by atoms with Gasteiger partial charge in [0.25, 0.3) is 5.91 Å². The van der Waals surface area contributed by atoms with Crippen molar-refractivity contribution in [1.29, 1.82) is 5.26 Å². The zero-order chi connectivity index (χ0) is 18.2. The first kappa shape index (κ1) is 17.9. The Morgan fingerprint density at radius 1 is 1.24 bits per heavy atom. The van der Waals surface area contributed by atoms with Crippen molar-refractivity contribution in [3.8, 4) is 11.8 Å². The number of nitro groups is 1. The summed E-state index contributed by atoms with van der Waals surface area (Å²) in [5, 5.41) is 19.7. The van der Waals surface area contributed by atoms with Gasteiger partial charge < -0.3 is 9.64 Å². The molecule has 0 fully saturated rings. The smallest absolute Gasteiger partial charge is 0.310 e. The Morgan fingerprint density at radius 2 is 1.92 bits per heavy atom. The molecule has 0 aliphatic carbocycles. The molecular weight excluding hydrogens is 329 g/mol. The van der Waals surface area contributed by atoms with Gasteiger partial charge in [0.1, 0.15) is 5.82 Å². The fraction of sp³-hybridized carbons (Fsp3) is 0.176. The van der Waals surface area contributed by atoms with E-state index in [2.05, 4.69) is 0 Å². The number of hydrogen-bond acceptors (Lipinski definition) is 5. The lowest BCUT2D eigenvalue weighted by atomic mass is 10.2. The van der Waals surface area contributed by atoms with Gasteiger partial charge in [-0.1, -0.05) is 24.3 Å². The molecule has 2 aromatic rings. The summed E-state index contributed by atoms with van der Waals surface area (Å²) in [6.07, 6.45) is 0.00551. The highest BCUT2D eigenvalue weighted by Crippen LogP contribution is 2.26. The first-order chi connectivity index (χ1) is 12.0. The summed E-state index contributed by atoms with van der Waals surface area (Å²) in [7, 11) is 0. The molecule has 0 atom stereocenters. The van der Waals surface area contributed by atoms with Crippen LogP contribution in [0.2, 0.25) is 0 Å². The number of rotatable bonds is 7. The number of ether oxygens (including phenoxy) is 1. The lowest BCUT2D eigenvalue weighted by Crippen LogP contribution is -2.36. The zero-order valence-electron chi connectivity index (χ0n) is 13.1. The minimum atomic E-state index is -0.621. The van der Waals surface area contributed by atoms with E-state index in [1.165, 1.54) is 42.5 Å². The fourth-order valence-electron chi connectivity index (χ4n) is 2.16. The van der Waals surface area contributed by atoms with Crippen LogP contribution >= 0.6 is 0 Å². The van der Waals surface area contributed by atoms with Gasteiger partial charge in [-0.2, -0.15) is 5.26 Å². The average Bonchev–Trinajstić information content (AvgIpc) is 2.61. The molecule has 0 saturated heterocycles.